The van der Waals surface area contributed by atoms with Gasteiger partial charge in [-0.3, -0.25) is 9.48 Å². The van der Waals surface area contributed by atoms with Gasteiger partial charge in [-0.1, -0.05) is 13.0 Å². The lowest BCUT2D eigenvalue weighted by Crippen LogP contribution is -2.29. The van der Waals surface area contributed by atoms with Crippen LogP contribution in [-0.4, -0.2) is 29.9 Å². The van der Waals surface area contributed by atoms with E-state index in [1.54, 1.807) is 38.2 Å². The van der Waals surface area contributed by atoms with Crippen molar-refractivity contribution < 1.29 is 14.3 Å². The third kappa shape index (κ3) is 3.21. The van der Waals surface area contributed by atoms with Gasteiger partial charge in [0.25, 0.3) is 5.91 Å². The Bertz CT molecular complexity index is 652. The lowest BCUT2D eigenvalue weighted by Gasteiger charge is -2.19. The largest absolute Gasteiger partial charge is 0.493 e. The Morgan fingerprint density at radius 2 is 2.00 bits per heavy atom. The van der Waals surface area contributed by atoms with E-state index in [-0.39, 0.29) is 11.9 Å². The van der Waals surface area contributed by atoms with Crippen LogP contribution in [0.1, 0.15) is 35.4 Å². The number of nitrogens with one attached hydrogen (secondary N) is 1. The predicted molar refractivity (Wildman–Crippen MR) is 83.3 cm³/mol. The number of aryl methyl sites for hydroxylation is 1. The van der Waals surface area contributed by atoms with Crippen molar-refractivity contribution in [2.75, 3.05) is 14.2 Å². The molecule has 1 aromatic heterocycles. The van der Waals surface area contributed by atoms with Gasteiger partial charge in [0.1, 0.15) is 5.69 Å². The zero-order chi connectivity index (χ0) is 16.1. The molecule has 1 amide bonds. The molecular weight excluding hydrogens is 282 g/mol. The van der Waals surface area contributed by atoms with Crippen molar-refractivity contribution in [3.63, 3.8) is 0 Å². The van der Waals surface area contributed by atoms with Crippen molar-refractivity contribution in [3.05, 3.63) is 41.7 Å². The number of nitrogens with zero attached hydrogens (tertiary/aromatic N) is 2. The molecule has 1 N–H and O–H groups in total. The van der Waals surface area contributed by atoms with Crippen molar-refractivity contribution in [1.82, 2.24) is 15.1 Å². The molecule has 1 atom stereocenters. The summed E-state index contributed by atoms with van der Waals surface area (Å²) in [6.45, 7) is 2.02. The van der Waals surface area contributed by atoms with Crippen LogP contribution in [0.25, 0.3) is 0 Å². The maximum Gasteiger partial charge on any atom is 0.270 e. The van der Waals surface area contributed by atoms with Crippen LogP contribution in [0, 0.1) is 0 Å². The van der Waals surface area contributed by atoms with Crippen LogP contribution in [0.4, 0.5) is 0 Å². The molecule has 22 heavy (non-hydrogen) atoms. The SMILES string of the molecule is CCC(NC(=O)c1ccnn1C)c1ccc(OC)c(OC)c1. The number of rotatable bonds is 6. The van der Waals surface area contributed by atoms with E-state index >= 15 is 0 Å². The molecule has 0 saturated heterocycles. The minimum absolute atomic E-state index is 0.109. The number of amides is 1. The Morgan fingerprint density at radius 1 is 1.27 bits per heavy atom. The number of hydrogen-bond donors (Lipinski definition) is 1. The number of methoxy groups -OCH3 is 2. The van der Waals surface area contributed by atoms with Gasteiger partial charge in [0.15, 0.2) is 11.5 Å². The highest BCUT2D eigenvalue weighted by atomic mass is 16.5. The lowest BCUT2D eigenvalue weighted by atomic mass is 10.0. The molecule has 0 aliphatic heterocycles. The maximum atomic E-state index is 12.3. The molecule has 2 rings (SSSR count). The number of benzene rings is 1. The number of ether oxygens (including phenoxy) is 2. The zero-order valence-electron chi connectivity index (χ0n) is 13.3. The van der Waals surface area contributed by atoms with Crippen molar-refractivity contribution in [2.24, 2.45) is 7.05 Å². The number of carbonyl (C=O) groups is 1. The first-order valence-corrected chi connectivity index (χ1v) is 7.11. The number of hydrogen-bond acceptors (Lipinski definition) is 4. The molecular formula is C16H21N3O3. The fourth-order valence-corrected chi connectivity index (χ4v) is 2.32. The third-order valence-corrected chi connectivity index (χ3v) is 3.58. The highest BCUT2D eigenvalue weighted by molar-refractivity contribution is 5.92. The van der Waals surface area contributed by atoms with Gasteiger partial charge in [0.2, 0.25) is 0 Å². The Labute approximate surface area is 130 Å². The fraction of sp³-hybridized carbons (Fsp3) is 0.375. The highest BCUT2D eigenvalue weighted by Crippen LogP contribution is 2.30. The van der Waals surface area contributed by atoms with E-state index in [1.807, 2.05) is 25.1 Å². The zero-order valence-corrected chi connectivity index (χ0v) is 13.3. The Morgan fingerprint density at radius 3 is 2.55 bits per heavy atom. The Kier molecular flexibility index (Phi) is 5.04. The van der Waals surface area contributed by atoms with E-state index in [0.717, 1.165) is 12.0 Å². The fourth-order valence-electron chi connectivity index (χ4n) is 2.32. The first-order chi connectivity index (χ1) is 10.6. The van der Waals surface area contributed by atoms with Gasteiger partial charge >= 0.3 is 0 Å². The van der Waals surface area contributed by atoms with Gasteiger partial charge in [0, 0.05) is 13.2 Å². The molecule has 1 unspecified atom stereocenters. The summed E-state index contributed by atoms with van der Waals surface area (Å²) in [7, 11) is 4.93. The second-order valence-corrected chi connectivity index (χ2v) is 4.89. The summed E-state index contributed by atoms with van der Waals surface area (Å²) in [6, 6.07) is 7.24. The van der Waals surface area contributed by atoms with E-state index in [9.17, 15) is 4.79 Å². The standard InChI is InChI=1S/C16H21N3O3/c1-5-12(18-16(20)13-8-9-17-19(13)2)11-6-7-14(21-3)15(10-11)22-4/h6-10,12H,5H2,1-4H3,(H,18,20). The maximum absolute atomic E-state index is 12.3. The summed E-state index contributed by atoms with van der Waals surface area (Å²) >= 11 is 0. The average molecular weight is 303 g/mol. The first kappa shape index (κ1) is 15.9. The van der Waals surface area contributed by atoms with Gasteiger partial charge in [-0.25, -0.2) is 0 Å². The van der Waals surface area contributed by atoms with E-state index in [0.29, 0.717) is 17.2 Å². The van der Waals surface area contributed by atoms with Crippen LogP contribution in [0.3, 0.4) is 0 Å². The summed E-state index contributed by atoms with van der Waals surface area (Å²) in [5.41, 5.74) is 1.49. The van der Waals surface area contributed by atoms with Gasteiger partial charge in [-0.2, -0.15) is 5.10 Å². The molecule has 0 aliphatic carbocycles. The third-order valence-electron chi connectivity index (χ3n) is 3.58. The molecule has 1 aromatic carbocycles. The quantitative estimate of drug-likeness (QED) is 0.889. The smallest absolute Gasteiger partial charge is 0.270 e. The van der Waals surface area contributed by atoms with E-state index in [4.69, 9.17) is 9.47 Å². The number of aromatic nitrogens is 2. The molecule has 0 radical (unpaired) electrons. The van der Waals surface area contributed by atoms with E-state index in [2.05, 4.69) is 10.4 Å². The van der Waals surface area contributed by atoms with Gasteiger partial charge in [-0.05, 0) is 30.2 Å². The monoisotopic (exact) mass is 303 g/mol. The van der Waals surface area contributed by atoms with Crippen molar-refractivity contribution >= 4 is 5.91 Å². The summed E-state index contributed by atoms with van der Waals surface area (Å²) < 4.78 is 12.1. The molecule has 0 fully saturated rings. The topological polar surface area (TPSA) is 65.4 Å². The van der Waals surface area contributed by atoms with Crippen LogP contribution >= 0.6 is 0 Å². The molecule has 0 aliphatic rings. The molecule has 1 heterocycles. The van der Waals surface area contributed by atoms with Gasteiger partial charge in [0.05, 0.1) is 20.3 Å². The van der Waals surface area contributed by atoms with Crippen LogP contribution in [0.5, 0.6) is 11.5 Å². The second kappa shape index (κ2) is 6.98. The van der Waals surface area contributed by atoms with Crippen molar-refractivity contribution in [2.45, 2.75) is 19.4 Å². The van der Waals surface area contributed by atoms with Crippen LogP contribution in [0.2, 0.25) is 0 Å². The van der Waals surface area contributed by atoms with Crippen molar-refractivity contribution in [3.8, 4) is 11.5 Å². The van der Waals surface area contributed by atoms with Crippen LogP contribution in [0.15, 0.2) is 30.5 Å². The van der Waals surface area contributed by atoms with Gasteiger partial charge in [-0.15, -0.1) is 0 Å². The van der Waals surface area contributed by atoms with E-state index in [1.165, 1.54) is 0 Å². The predicted octanol–water partition coefficient (Wildman–Crippen LogP) is 2.32. The minimum Gasteiger partial charge on any atom is -0.493 e. The van der Waals surface area contributed by atoms with Crippen LogP contribution < -0.4 is 14.8 Å². The molecule has 0 spiro atoms. The summed E-state index contributed by atoms with van der Waals surface area (Å²) in [6.07, 6.45) is 2.37. The Hall–Kier alpha value is -2.50. The molecule has 2 aromatic rings. The second-order valence-electron chi connectivity index (χ2n) is 4.89. The Balaban J connectivity index is 2.21. The summed E-state index contributed by atoms with van der Waals surface area (Å²) in [5, 5.41) is 7.03. The van der Waals surface area contributed by atoms with Crippen LogP contribution in [-0.2, 0) is 7.05 Å². The molecule has 0 bridgehead atoms. The minimum atomic E-state index is -0.151. The summed E-state index contributed by atoms with van der Waals surface area (Å²) in [5.74, 6) is 1.16. The lowest BCUT2D eigenvalue weighted by molar-refractivity contribution is 0.0926. The van der Waals surface area contributed by atoms with Gasteiger partial charge < -0.3 is 14.8 Å². The normalized spacial score (nSPS) is 11.8. The average Bonchev–Trinajstić information content (AvgIpc) is 2.97. The summed E-state index contributed by atoms with van der Waals surface area (Å²) in [4.78, 5) is 12.3. The van der Waals surface area contributed by atoms with E-state index < -0.39 is 0 Å². The highest BCUT2D eigenvalue weighted by Gasteiger charge is 2.17. The number of carbonyl (C=O) groups excluding carboxylic acids is 1. The first-order valence-electron chi connectivity index (χ1n) is 7.11. The molecule has 6 nitrogen and oxygen atoms in total. The molecule has 0 saturated carbocycles. The van der Waals surface area contributed by atoms with Crippen molar-refractivity contribution in [1.29, 1.82) is 0 Å². The molecule has 6 heteroatoms. The molecule has 118 valence electrons.